The molecule has 3 rings (SSSR count). The molecule has 0 radical (unpaired) electrons. The largest absolute Gasteiger partial charge is 0.455 e. The monoisotopic (exact) mass is 304 g/mol. The first kappa shape index (κ1) is 14.8. The average Bonchev–Trinajstić information content (AvgIpc) is 2.59. The van der Waals surface area contributed by atoms with Crippen molar-refractivity contribution < 1.29 is 9.53 Å². The van der Waals surface area contributed by atoms with Gasteiger partial charge in [-0.2, -0.15) is 0 Å². The molecule has 1 heterocycles. The first-order valence-electron chi connectivity index (χ1n) is 7.27. The van der Waals surface area contributed by atoms with E-state index >= 15 is 0 Å². The summed E-state index contributed by atoms with van der Waals surface area (Å²) in [6, 6.07) is 18.4. The van der Waals surface area contributed by atoms with Gasteiger partial charge < -0.3 is 10.1 Å². The number of rotatable bonds is 4. The molecule has 4 nitrogen and oxygen atoms in total. The number of aryl methyl sites for hydroxylation is 1. The van der Waals surface area contributed by atoms with Crippen LogP contribution in [0.15, 0.2) is 73.1 Å². The van der Waals surface area contributed by atoms with Crippen LogP contribution in [-0.2, 0) is 0 Å². The molecule has 1 aromatic heterocycles. The van der Waals surface area contributed by atoms with E-state index in [9.17, 15) is 4.79 Å². The minimum Gasteiger partial charge on any atom is -0.455 e. The lowest BCUT2D eigenvalue weighted by Gasteiger charge is -2.12. The van der Waals surface area contributed by atoms with E-state index in [1.165, 1.54) is 0 Å². The Morgan fingerprint density at radius 2 is 1.65 bits per heavy atom. The van der Waals surface area contributed by atoms with E-state index in [2.05, 4.69) is 10.3 Å². The second kappa shape index (κ2) is 6.75. The molecular formula is C19H16N2O2. The molecule has 0 unspecified atom stereocenters. The molecule has 1 N–H and O–H groups in total. The lowest BCUT2D eigenvalue weighted by molar-refractivity contribution is 0.102. The van der Waals surface area contributed by atoms with Crippen molar-refractivity contribution in [1.29, 1.82) is 0 Å². The number of pyridine rings is 1. The Bertz CT molecular complexity index is 799. The van der Waals surface area contributed by atoms with Gasteiger partial charge in [0.25, 0.3) is 5.91 Å². The van der Waals surface area contributed by atoms with E-state index in [1.807, 2.05) is 55.5 Å². The molecule has 0 spiro atoms. The maximum atomic E-state index is 12.3. The highest BCUT2D eigenvalue weighted by Gasteiger charge is 2.10. The molecule has 0 atom stereocenters. The maximum Gasteiger partial charge on any atom is 0.255 e. The normalized spacial score (nSPS) is 10.1. The predicted molar refractivity (Wildman–Crippen MR) is 89.9 cm³/mol. The molecule has 0 saturated carbocycles. The van der Waals surface area contributed by atoms with Crippen molar-refractivity contribution in [2.45, 2.75) is 6.92 Å². The SMILES string of the molecule is Cc1ccc(Oc2ccccc2NC(=O)c2ccncc2)cc1. The van der Waals surface area contributed by atoms with E-state index < -0.39 is 0 Å². The van der Waals surface area contributed by atoms with Gasteiger partial charge in [0, 0.05) is 18.0 Å². The summed E-state index contributed by atoms with van der Waals surface area (Å²) in [5.41, 5.74) is 2.33. The van der Waals surface area contributed by atoms with Crippen molar-refractivity contribution >= 4 is 11.6 Å². The number of carbonyl (C=O) groups is 1. The van der Waals surface area contributed by atoms with Gasteiger partial charge in [0.05, 0.1) is 5.69 Å². The minimum absolute atomic E-state index is 0.202. The smallest absolute Gasteiger partial charge is 0.255 e. The Hall–Kier alpha value is -3.14. The number of anilines is 1. The van der Waals surface area contributed by atoms with Crippen LogP contribution in [0.3, 0.4) is 0 Å². The van der Waals surface area contributed by atoms with Crippen molar-refractivity contribution in [2.24, 2.45) is 0 Å². The molecule has 0 fully saturated rings. The van der Waals surface area contributed by atoms with Gasteiger partial charge in [-0.1, -0.05) is 29.8 Å². The Morgan fingerprint density at radius 1 is 0.957 bits per heavy atom. The third-order valence-electron chi connectivity index (χ3n) is 3.33. The molecule has 2 aromatic carbocycles. The quantitative estimate of drug-likeness (QED) is 0.775. The summed E-state index contributed by atoms with van der Waals surface area (Å²) in [4.78, 5) is 16.2. The molecule has 1 amide bonds. The molecule has 4 heteroatoms. The van der Waals surface area contributed by atoms with E-state index in [-0.39, 0.29) is 5.91 Å². The summed E-state index contributed by atoms with van der Waals surface area (Å²) < 4.78 is 5.87. The summed E-state index contributed by atoms with van der Waals surface area (Å²) in [6.45, 7) is 2.02. The third kappa shape index (κ3) is 3.74. The van der Waals surface area contributed by atoms with Crippen LogP contribution in [-0.4, -0.2) is 10.9 Å². The van der Waals surface area contributed by atoms with E-state index in [1.54, 1.807) is 24.5 Å². The molecule has 0 bridgehead atoms. The fourth-order valence-corrected chi connectivity index (χ4v) is 2.09. The summed E-state index contributed by atoms with van der Waals surface area (Å²) in [7, 11) is 0. The lowest BCUT2D eigenvalue weighted by atomic mass is 10.2. The molecular weight excluding hydrogens is 288 g/mol. The van der Waals surface area contributed by atoms with E-state index in [0.29, 0.717) is 17.0 Å². The number of para-hydroxylation sites is 2. The van der Waals surface area contributed by atoms with Gasteiger partial charge in [-0.05, 0) is 43.3 Å². The molecule has 23 heavy (non-hydrogen) atoms. The third-order valence-corrected chi connectivity index (χ3v) is 3.33. The molecule has 0 aliphatic carbocycles. The molecule has 3 aromatic rings. The molecule has 0 aliphatic heterocycles. The highest BCUT2D eigenvalue weighted by Crippen LogP contribution is 2.29. The number of carbonyl (C=O) groups excluding carboxylic acids is 1. The summed E-state index contributed by atoms with van der Waals surface area (Å²) in [5.74, 6) is 1.12. The van der Waals surface area contributed by atoms with Gasteiger partial charge in [0.1, 0.15) is 5.75 Å². The fraction of sp³-hybridized carbons (Fsp3) is 0.0526. The van der Waals surface area contributed by atoms with Gasteiger partial charge in [-0.25, -0.2) is 0 Å². The highest BCUT2D eigenvalue weighted by molar-refractivity contribution is 6.04. The molecule has 0 aliphatic rings. The zero-order valence-electron chi connectivity index (χ0n) is 12.7. The van der Waals surface area contributed by atoms with Crippen LogP contribution in [0.1, 0.15) is 15.9 Å². The zero-order valence-corrected chi connectivity index (χ0v) is 12.7. The minimum atomic E-state index is -0.202. The van der Waals surface area contributed by atoms with E-state index in [4.69, 9.17) is 4.74 Å². The van der Waals surface area contributed by atoms with Crippen LogP contribution < -0.4 is 10.1 Å². The molecule has 114 valence electrons. The van der Waals surface area contributed by atoms with Crippen molar-refractivity contribution in [1.82, 2.24) is 4.98 Å². The van der Waals surface area contributed by atoms with Crippen LogP contribution in [0.2, 0.25) is 0 Å². The number of nitrogens with one attached hydrogen (secondary N) is 1. The van der Waals surface area contributed by atoms with Gasteiger partial charge in [-0.15, -0.1) is 0 Å². The first-order chi connectivity index (χ1) is 11.2. The predicted octanol–water partition coefficient (Wildman–Crippen LogP) is 4.43. The van der Waals surface area contributed by atoms with Crippen LogP contribution in [0.4, 0.5) is 5.69 Å². The van der Waals surface area contributed by atoms with Crippen LogP contribution >= 0.6 is 0 Å². The Balaban J connectivity index is 1.80. The van der Waals surface area contributed by atoms with Gasteiger partial charge >= 0.3 is 0 Å². The number of amides is 1. The Morgan fingerprint density at radius 3 is 2.39 bits per heavy atom. The summed E-state index contributed by atoms with van der Waals surface area (Å²) >= 11 is 0. The van der Waals surface area contributed by atoms with Crippen molar-refractivity contribution in [3.05, 3.63) is 84.2 Å². The van der Waals surface area contributed by atoms with Crippen molar-refractivity contribution in [3.8, 4) is 11.5 Å². The number of ether oxygens (including phenoxy) is 1. The number of benzene rings is 2. The van der Waals surface area contributed by atoms with Gasteiger partial charge in [0.15, 0.2) is 5.75 Å². The maximum absolute atomic E-state index is 12.3. The number of hydrogen-bond donors (Lipinski definition) is 1. The number of nitrogens with zero attached hydrogens (tertiary/aromatic N) is 1. The fourth-order valence-electron chi connectivity index (χ4n) is 2.09. The first-order valence-corrected chi connectivity index (χ1v) is 7.27. The second-order valence-corrected chi connectivity index (χ2v) is 5.10. The number of hydrogen-bond acceptors (Lipinski definition) is 3. The van der Waals surface area contributed by atoms with Crippen LogP contribution in [0.25, 0.3) is 0 Å². The van der Waals surface area contributed by atoms with Crippen molar-refractivity contribution in [3.63, 3.8) is 0 Å². The number of aromatic nitrogens is 1. The lowest BCUT2D eigenvalue weighted by Crippen LogP contribution is -2.12. The summed E-state index contributed by atoms with van der Waals surface area (Å²) in [5, 5.41) is 2.87. The van der Waals surface area contributed by atoms with Gasteiger partial charge in [-0.3, -0.25) is 9.78 Å². The topological polar surface area (TPSA) is 51.2 Å². The Kier molecular flexibility index (Phi) is 4.34. The van der Waals surface area contributed by atoms with Crippen LogP contribution in [0, 0.1) is 6.92 Å². The second-order valence-electron chi connectivity index (χ2n) is 5.10. The Labute approximate surface area is 134 Å². The standard InChI is InChI=1S/C19H16N2O2/c1-14-6-8-16(9-7-14)23-18-5-3-2-4-17(18)21-19(22)15-10-12-20-13-11-15/h2-13H,1H3,(H,21,22). The van der Waals surface area contributed by atoms with Gasteiger partial charge in [0.2, 0.25) is 0 Å². The average molecular weight is 304 g/mol. The highest BCUT2D eigenvalue weighted by atomic mass is 16.5. The van der Waals surface area contributed by atoms with Crippen LogP contribution in [0.5, 0.6) is 11.5 Å². The molecule has 0 saturated heterocycles. The zero-order chi connectivity index (χ0) is 16.1. The summed E-state index contributed by atoms with van der Waals surface area (Å²) in [6.07, 6.45) is 3.17. The van der Waals surface area contributed by atoms with E-state index in [0.717, 1.165) is 11.3 Å². The van der Waals surface area contributed by atoms with Crippen molar-refractivity contribution in [2.75, 3.05) is 5.32 Å².